The number of nitrogens with one attached hydrogen (secondary N) is 3. The van der Waals surface area contributed by atoms with Crippen molar-refractivity contribution < 1.29 is 13.9 Å². The number of rotatable bonds is 6. The van der Waals surface area contributed by atoms with Crippen molar-refractivity contribution in [3.63, 3.8) is 0 Å². The maximum atomic E-state index is 13.7. The topological polar surface area (TPSA) is 88.2 Å². The minimum Gasteiger partial charge on any atom is -0.381 e. The molecule has 2 aliphatic rings. The van der Waals surface area contributed by atoms with Crippen molar-refractivity contribution in [1.29, 1.82) is 0 Å². The second kappa shape index (κ2) is 10.2. The third kappa shape index (κ3) is 5.14. The Hall–Kier alpha value is -2.81. The highest BCUT2D eigenvalue weighted by Crippen LogP contribution is 2.30. The number of halogens is 2. The van der Waals surface area contributed by atoms with E-state index in [2.05, 4.69) is 25.9 Å². The number of hydrogen-bond donors (Lipinski definition) is 3. The van der Waals surface area contributed by atoms with Crippen LogP contribution in [-0.4, -0.2) is 48.2 Å². The van der Waals surface area contributed by atoms with E-state index < -0.39 is 5.82 Å². The number of aromatic nitrogens is 2. The van der Waals surface area contributed by atoms with Gasteiger partial charge in [0.1, 0.15) is 5.82 Å². The van der Waals surface area contributed by atoms with Gasteiger partial charge in [-0.1, -0.05) is 23.7 Å². The summed E-state index contributed by atoms with van der Waals surface area (Å²) in [6.07, 6.45) is 4.49. The Bertz CT molecular complexity index is 1180. The molecule has 2 saturated heterocycles. The Kier molecular flexibility index (Phi) is 6.89. The van der Waals surface area contributed by atoms with E-state index in [1.807, 2.05) is 6.07 Å². The molecule has 178 valence electrons. The predicted octanol–water partition coefficient (Wildman–Crippen LogP) is 4.09. The maximum absolute atomic E-state index is 13.7. The lowest BCUT2D eigenvalue weighted by Crippen LogP contribution is -2.34. The minimum absolute atomic E-state index is 0.0506. The quantitative estimate of drug-likeness (QED) is 0.489. The molecule has 0 radical (unpaired) electrons. The van der Waals surface area contributed by atoms with Crippen molar-refractivity contribution >= 4 is 34.4 Å². The summed E-state index contributed by atoms with van der Waals surface area (Å²) in [6.45, 7) is 3.10. The summed E-state index contributed by atoms with van der Waals surface area (Å²) in [4.78, 5) is 22.3. The SMILES string of the molecule is O=C(NC(c1ccc(F)c(Cl)c1)C1CCNC1)c1ccc2cnc(NC3CCOCC3)nc2c1. The average Bonchev–Trinajstić information content (AvgIpc) is 3.39. The van der Waals surface area contributed by atoms with Gasteiger partial charge in [-0.05, 0) is 61.6 Å². The van der Waals surface area contributed by atoms with E-state index in [1.165, 1.54) is 6.07 Å². The maximum Gasteiger partial charge on any atom is 0.251 e. The van der Waals surface area contributed by atoms with Crippen molar-refractivity contribution in [3.8, 4) is 0 Å². The van der Waals surface area contributed by atoms with Gasteiger partial charge in [0.25, 0.3) is 5.91 Å². The monoisotopic (exact) mass is 483 g/mol. The minimum atomic E-state index is -0.473. The molecule has 0 bridgehead atoms. The molecular weight excluding hydrogens is 457 g/mol. The summed E-state index contributed by atoms with van der Waals surface area (Å²) >= 11 is 6.04. The van der Waals surface area contributed by atoms with E-state index >= 15 is 0 Å². The van der Waals surface area contributed by atoms with Gasteiger partial charge in [0, 0.05) is 42.9 Å². The molecule has 9 heteroatoms. The van der Waals surface area contributed by atoms with Crippen molar-refractivity contribution in [2.24, 2.45) is 5.92 Å². The van der Waals surface area contributed by atoms with Gasteiger partial charge in [0.15, 0.2) is 0 Å². The Morgan fingerprint density at radius 3 is 2.79 bits per heavy atom. The summed E-state index contributed by atoms with van der Waals surface area (Å²) in [5.41, 5.74) is 1.99. The van der Waals surface area contributed by atoms with Crippen molar-refractivity contribution in [1.82, 2.24) is 20.6 Å². The molecular formula is C25H27ClFN5O2. The van der Waals surface area contributed by atoms with Crippen LogP contribution in [0.5, 0.6) is 0 Å². The van der Waals surface area contributed by atoms with Gasteiger partial charge in [-0.15, -0.1) is 0 Å². The zero-order valence-electron chi connectivity index (χ0n) is 18.7. The van der Waals surface area contributed by atoms with E-state index in [9.17, 15) is 9.18 Å². The fourth-order valence-electron chi connectivity index (χ4n) is 4.62. The number of fused-ring (bicyclic) bond motifs is 1. The van der Waals surface area contributed by atoms with Gasteiger partial charge in [0.05, 0.1) is 16.6 Å². The Labute approximate surface area is 202 Å². The van der Waals surface area contributed by atoms with Crippen LogP contribution in [0.2, 0.25) is 5.02 Å². The molecule has 2 fully saturated rings. The molecule has 2 unspecified atom stereocenters. The zero-order chi connectivity index (χ0) is 23.5. The Balaban J connectivity index is 1.37. The number of benzene rings is 2. The highest BCUT2D eigenvalue weighted by atomic mass is 35.5. The normalized spacial score (nSPS) is 19.8. The standard InChI is InChI=1S/C25H27ClFN5O2/c26-20-11-15(3-4-21(20)27)23(18-5-8-28-13-18)32-24(33)16-1-2-17-14-29-25(31-22(17)12-16)30-19-6-9-34-10-7-19/h1-4,11-12,14,18-19,23,28H,5-10,13H2,(H,32,33)(H,29,30,31). The van der Waals surface area contributed by atoms with Crippen LogP contribution < -0.4 is 16.0 Å². The summed E-state index contributed by atoms with van der Waals surface area (Å²) in [7, 11) is 0. The van der Waals surface area contributed by atoms with Crippen molar-refractivity contribution in [2.75, 3.05) is 31.6 Å². The highest BCUT2D eigenvalue weighted by molar-refractivity contribution is 6.30. The van der Waals surface area contributed by atoms with E-state index in [0.717, 1.165) is 56.5 Å². The van der Waals surface area contributed by atoms with E-state index in [0.29, 0.717) is 17.0 Å². The first-order chi connectivity index (χ1) is 16.6. The second-order valence-electron chi connectivity index (χ2n) is 8.88. The van der Waals surface area contributed by atoms with Gasteiger partial charge in [-0.25, -0.2) is 14.4 Å². The fraction of sp³-hybridized carbons (Fsp3) is 0.400. The van der Waals surface area contributed by atoms with Gasteiger partial charge in [-0.2, -0.15) is 0 Å². The largest absolute Gasteiger partial charge is 0.381 e. The van der Waals surface area contributed by atoms with Crippen LogP contribution in [0.4, 0.5) is 10.3 Å². The molecule has 34 heavy (non-hydrogen) atoms. The lowest BCUT2D eigenvalue weighted by Gasteiger charge is -2.25. The number of amides is 1. The van der Waals surface area contributed by atoms with Crippen LogP contribution >= 0.6 is 11.6 Å². The van der Waals surface area contributed by atoms with E-state index in [-0.39, 0.29) is 28.9 Å². The summed E-state index contributed by atoms with van der Waals surface area (Å²) < 4.78 is 19.1. The number of nitrogens with zero attached hydrogens (tertiary/aromatic N) is 2. The molecule has 0 saturated carbocycles. The average molecular weight is 484 g/mol. The van der Waals surface area contributed by atoms with Crippen LogP contribution in [0.15, 0.2) is 42.6 Å². The molecule has 3 heterocycles. The van der Waals surface area contributed by atoms with Crippen molar-refractivity contribution in [2.45, 2.75) is 31.3 Å². The number of carbonyl (C=O) groups is 1. The number of ether oxygens (including phenoxy) is 1. The first kappa shape index (κ1) is 23.0. The van der Waals surface area contributed by atoms with E-state index in [4.69, 9.17) is 16.3 Å². The summed E-state index contributed by atoms with van der Waals surface area (Å²) in [6, 6.07) is 10.0. The van der Waals surface area contributed by atoms with Gasteiger partial charge >= 0.3 is 0 Å². The van der Waals surface area contributed by atoms with Gasteiger partial charge in [0.2, 0.25) is 5.95 Å². The van der Waals surface area contributed by atoms with E-state index in [1.54, 1.807) is 30.5 Å². The molecule has 2 aliphatic heterocycles. The van der Waals surface area contributed by atoms with Gasteiger partial charge in [-0.3, -0.25) is 4.79 Å². The molecule has 3 aromatic rings. The lowest BCUT2D eigenvalue weighted by atomic mass is 9.91. The third-order valence-electron chi connectivity index (χ3n) is 6.56. The molecule has 2 aromatic carbocycles. The molecule has 7 nitrogen and oxygen atoms in total. The Morgan fingerprint density at radius 1 is 1.18 bits per heavy atom. The highest BCUT2D eigenvalue weighted by Gasteiger charge is 2.28. The summed E-state index contributed by atoms with van der Waals surface area (Å²) in [5.74, 6) is 0.0487. The predicted molar refractivity (Wildman–Crippen MR) is 130 cm³/mol. The third-order valence-corrected chi connectivity index (χ3v) is 6.85. The Morgan fingerprint density at radius 2 is 2.03 bits per heavy atom. The van der Waals surface area contributed by atoms with Crippen LogP contribution in [0, 0.1) is 11.7 Å². The molecule has 3 N–H and O–H groups in total. The van der Waals surface area contributed by atoms with Crippen LogP contribution in [0.1, 0.15) is 41.2 Å². The molecule has 0 spiro atoms. The molecule has 1 aromatic heterocycles. The molecule has 2 atom stereocenters. The smallest absolute Gasteiger partial charge is 0.251 e. The zero-order valence-corrected chi connectivity index (χ0v) is 19.4. The molecule has 1 amide bonds. The fourth-order valence-corrected chi connectivity index (χ4v) is 4.81. The number of anilines is 1. The van der Waals surface area contributed by atoms with Crippen molar-refractivity contribution in [3.05, 3.63) is 64.6 Å². The molecule has 5 rings (SSSR count). The first-order valence-corrected chi connectivity index (χ1v) is 12.0. The van der Waals surface area contributed by atoms with Gasteiger partial charge < -0.3 is 20.7 Å². The molecule has 0 aliphatic carbocycles. The first-order valence-electron chi connectivity index (χ1n) is 11.6. The van der Waals surface area contributed by atoms with Crippen LogP contribution in [0.25, 0.3) is 10.9 Å². The number of hydrogen-bond acceptors (Lipinski definition) is 6. The lowest BCUT2D eigenvalue weighted by molar-refractivity contribution is 0.0902. The van der Waals surface area contributed by atoms with Crippen LogP contribution in [-0.2, 0) is 4.74 Å². The second-order valence-corrected chi connectivity index (χ2v) is 9.28. The summed E-state index contributed by atoms with van der Waals surface area (Å²) in [5, 5.41) is 10.8. The van der Waals surface area contributed by atoms with Crippen LogP contribution in [0.3, 0.4) is 0 Å². The number of carbonyl (C=O) groups excluding carboxylic acids is 1.